The van der Waals surface area contributed by atoms with Crippen molar-refractivity contribution in [3.05, 3.63) is 255 Å². The van der Waals surface area contributed by atoms with E-state index in [0.717, 1.165) is 67.2 Å². The molecule has 2 nitrogen and oxygen atoms in total. The van der Waals surface area contributed by atoms with E-state index in [1.165, 1.54) is 22.3 Å². The molecule has 0 aliphatic heterocycles. The van der Waals surface area contributed by atoms with Crippen LogP contribution >= 0.6 is 0 Å². The van der Waals surface area contributed by atoms with Gasteiger partial charge >= 0.3 is 0 Å². The van der Waals surface area contributed by atoms with Crippen LogP contribution in [0.25, 0.3) is 55.3 Å². The third-order valence-electron chi connectivity index (χ3n) is 11.2. The number of hydrogen-bond acceptors (Lipinski definition) is 2. The van der Waals surface area contributed by atoms with Crippen molar-refractivity contribution in [2.45, 2.75) is 0 Å². The van der Waals surface area contributed by atoms with E-state index in [2.05, 4.69) is 265 Å². The van der Waals surface area contributed by atoms with Crippen LogP contribution in [0.5, 0.6) is 0 Å². The largest absolute Gasteiger partial charge is 0.310 e. The molecule has 60 heavy (non-hydrogen) atoms. The lowest BCUT2D eigenvalue weighted by atomic mass is 9.93. The van der Waals surface area contributed by atoms with E-state index in [1.807, 2.05) is 0 Å². The van der Waals surface area contributed by atoms with E-state index in [0.29, 0.717) is 0 Å². The van der Waals surface area contributed by atoms with Gasteiger partial charge in [-0.15, -0.1) is 0 Å². The SMILES string of the molecule is c1ccc(-c2cccc(N(c3ccccc3)c3cc4cc(-c5ccccc5)c(N(c5ccccc5)c5cccc(-c6ccccc6)c5)cc4cc3-c3ccccc3)c2)cc1. The van der Waals surface area contributed by atoms with Gasteiger partial charge in [0.15, 0.2) is 0 Å². The smallest absolute Gasteiger partial charge is 0.0546 e. The van der Waals surface area contributed by atoms with Crippen LogP contribution in [0.4, 0.5) is 34.1 Å². The highest BCUT2D eigenvalue weighted by molar-refractivity contribution is 6.04. The molecule has 0 aliphatic rings. The lowest BCUT2D eigenvalue weighted by Gasteiger charge is -2.30. The van der Waals surface area contributed by atoms with Gasteiger partial charge in [-0.2, -0.15) is 0 Å². The van der Waals surface area contributed by atoms with E-state index in [9.17, 15) is 0 Å². The van der Waals surface area contributed by atoms with Crippen molar-refractivity contribution < 1.29 is 0 Å². The first-order valence-electron chi connectivity index (χ1n) is 20.5. The summed E-state index contributed by atoms with van der Waals surface area (Å²) in [5, 5.41) is 2.30. The summed E-state index contributed by atoms with van der Waals surface area (Å²) in [4.78, 5) is 4.82. The molecular formula is C58H42N2. The summed E-state index contributed by atoms with van der Waals surface area (Å²) in [5.41, 5.74) is 15.9. The fraction of sp³-hybridized carbons (Fsp3) is 0. The van der Waals surface area contributed by atoms with Gasteiger partial charge in [0.05, 0.1) is 11.4 Å². The first kappa shape index (κ1) is 36.4. The third kappa shape index (κ3) is 7.35. The van der Waals surface area contributed by atoms with Crippen LogP contribution in [-0.2, 0) is 0 Å². The molecule has 0 radical (unpaired) electrons. The van der Waals surface area contributed by atoms with Gasteiger partial charge in [-0.1, -0.05) is 182 Å². The number of rotatable bonds is 10. The zero-order valence-electron chi connectivity index (χ0n) is 33.1. The molecule has 0 spiro atoms. The van der Waals surface area contributed by atoms with Crippen molar-refractivity contribution in [1.82, 2.24) is 0 Å². The van der Waals surface area contributed by atoms with Crippen molar-refractivity contribution in [1.29, 1.82) is 0 Å². The van der Waals surface area contributed by atoms with E-state index in [-0.39, 0.29) is 0 Å². The fourth-order valence-corrected chi connectivity index (χ4v) is 8.31. The van der Waals surface area contributed by atoms with Crippen LogP contribution in [0.3, 0.4) is 0 Å². The van der Waals surface area contributed by atoms with E-state index >= 15 is 0 Å². The van der Waals surface area contributed by atoms with Gasteiger partial charge in [-0.05, 0) is 117 Å². The molecule has 0 unspecified atom stereocenters. The molecule has 0 aliphatic carbocycles. The molecule has 0 aromatic heterocycles. The normalized spacial score (nSPS) is 11.0. The minimum Gasteiger partial charge on any atom is -0.310 e. The first-order chi connectivity index (χ1) is 29.8. The van der Waals surface area contributed by atoms with Crippen LogP contribution in [0.1, 0.15) is 0 Å². The Bertz CT molecular complexity index is 2790. The maximum atomic E-state index is 2.41. The summed E-state index contributed by atoms with van der Waals surface area (Å²) in [6, 6.07) is 91.7. The van der Waals surface area contributed by atoms with Crippen molar-refractivity contribution >= 4 is 44.9 Å². The third-order valence-corrected chi connectivity index (χ3v) is 11.2. The van der Waals surface area contributed by atoms with Crippen LogP contribution < -0.4 is 9.80 Å². The molecule has 0 saturated carbocycles. The number of hydrogen-bond donors (Lipinski definition) is 0. The van der Waals surface area contributed by atoms with Crippen LogP contribution in [0, 0.1) is 0 Å². The molecule has 0 saturated heterocycles. The molecule has 10 rings (SSSR count). The van der Waals surface area contributed by atoms with Gasteiger partial charge in [0.1, 0.15) is 0 Å². The van der Waals surface area contributed by atoms with Gasteiger partial charge in [0.2, 0.25) is 0 Å². The molecular weight excluding hydrogens is 725 g/mol. The van der Waals surface area contributed by atoms with Crippen molar-refractivity contribution in [2.24, 2.45) is 0 Å². The first-order valence-corrected chi connectivity index (χ1v) is 20.5. The molecule has 0 fully saturated rings. The lowest BCUT2D eigenvalue weighted by Crippen LogP contribution is -2.12. The fourth-order valence-electron chi connectivity index (χ4n) is 8.31. The number of benzene rings is 10. The van der Waals surface area contributed by atoms with E-state index in [1.54, 1.807) is 0 Å². The highest BCUT2D eigenvalue weighted by Gasteiger charge is 2.23. The summed E-state index contributed by atoms with van der Waals surface area (Å²) in [7, 11) is 0. The minimum absolute atomic E-state index is 1.09. The molecule has 0 amide bonds. The highest BCUT2D eigenvalue weighted by Crippen LogP contribution is 2.48. The molecule has 284 valence electrons. The standard InChI is InChI=1S/C58H42N2/c1-7-21-43(22-8-1)47-29-19-35-53(37-47)59(51-31-15-5-16-32-51)57-41-49-40-56(46-27-13-4-14-28-46)58(42-50(49)39-55(57)45-25-11-3-12-26-45)60(52-33-17-6-18-34-52)54-36-20-30-48(38-54)44-23-9-2-10-24-44/h1-42H. The Morgan fingerprint density at radius 1 is 0.200 bits per heavy atom. The Morgan fingerprint density at radius 3 is 0.833 bits per heavy atom. The Labute approximate surface area is 352 Å². The summed E-state index contributed by atoms with van der Waals surface area (Å²) in [6.07, 6.45) is 0. The molecule has 0 N–H and O–H groups in total. The quantitative estimate of drug-likeness (QED) is 0.137. The van der Waals surface area contributed by atoms with Gasteiger partial charge in [0.25, 0.3) is 0 Å². The van der Waals surface area contributed by atoms with Gasteiger partial charge in [-0.25, -0.2) is 0 Å². The Balaban J connectivity index is 1.24. The Morgan fingerprint density at radius 2 is 0.483 bits per heavy atom. The summed E-state index contributed by atoms with van der Waals surface area (Å²) < 4.78 is 0. The summed E-state index contributed by atoms with van der Waals surface area (Å²) >= 11 is 0. The van der Waals surface area contributed by atoms with E-state index < -0.39 is 0 Å². The predicted molar refractivity (Wildman–Crippen MR) is 255 cm³/mol. The van der Waals surface area contributed by atoms with Crippen LogP contribution in [-0.4, -0.2) is 0 Å². The topological polar surface area (TPSA) is 6.48 Å². The maximum Gasteiger partial charge on any atom is 0.0546 e. The second-order valence-corrected chi connectivity index (χ2v) is 15.0. The summed E-state index contributed by atoms with van der Waals surface area (Å²) in [5.74, 6) is 0. The molecule has 0 atom stereocenters. The Hall–Kier alpha value is -7.94. The van der Waals surface area contributed by atoms with Gasteiger partial charge in [0, 0.05) is 33.9 Å². The average molecular weight is 767 g/mol. The maximum absolute atomic E-state index is 2.41. The van der Waals surface area contributed by atoms with Gasteiger partial charge in [-0.3, -0.25) is 0 Å². The molecule has 0 bridgehead atoms. The zero-order valence-corrected chi connectivity index (χ0v) is 33.1. The molecule has 0 heterocycles. The second kappa shape index (κ2) is 16.5. The van der Waals surface area contributed by atoms with Crippen LogP contribution in [0.2, 0.25) is 0 Å². The van der Waals surface area contributed by atoms with Crippen molar-refractivity contribution in [2.75, 3.05) is 9.80 Å². The Kier molecular flexibility index (Phi) is 10.0. The van der Waals surface area contributed by atoms with Crippen molar-refractivity contribution in [3.63, 3.8) is 0 Å². The second-order valence-electron chi connectivity index (χ2n) is 15.0. The monoisotopic (exact) mass is 766 g/mol. The highest BCUT2D eigenvalue weighted by atomic mass is 15.2. The zero-order chi connectivity index (χ0) is 40.1. The molecule has 10 aromatic carbocycles. The molecule has 2 heteroatoms. The predicted octanol–water partition coefficient (Wildman–Crippen LogP) is 16.4. The lowest BCUT2D eigenvalue weighted by molar-refractivity contribution is 1.28. The average Bonchev–Trinajstić information content (AvgIpc) is 3.33. The van der Waals surface area contributed by atoms with Crippen molar-refractivity contribution in [3.8, 4) is 44.5 Å². The minimum atomic E-state index is 1.09. The number of para-hydroxylation sites is 2. The van der Waals surface area contributed by atoms with E-state index in [4.69, 9.17) is 0 Å². The van der Waals surface area contributed by atoms with Crippen LogP contribution in [0.15, 0.2) is 255 Å². The van der Waals surface area contributed by atoms with Gasteiger partial charge < -0.3 is 9.80 Å². The number of fused-ring (bicyclic) bond motifs is 1. The number of nitrogens with zero attached hydrogens (tertiary/aromatic N) is 2. The number of anilines is 6. The summed E-state index contributed by atoms with van der Waals surface area (Å²) in [6.45, 7) is 0. The molecule has 10 aromatic rings.